The number of pyridine rings is 1. The molecule has 1 aromatic heterocycles. The molecule has 0 saturated heterocycles. The van der Waals surface area contributed by atoms with Gasteiger partial charge in [0.1, 0.15) is 0 Å². The second-order valence-electron chi connectivity index (χ2n) is 8.50. The summed E-state index contributed by atoms with van der Waals surface area (Å²) in [6.07, 6.45) is 5.81. The van der Waals surface area contributed by atoms with Crippen molar-refractivity contribution in [3.8, 4) is 0 Å². The molecule has 0 bridgehead atoms. The van der Waals surface area contributed by atoms with Gasteiger partial charge in [0.15, 0.2) is 30.5 Å². The van der Waals surface area contributed by atoms with Crippen molar-refractivity contribution in [3.05, 3.63) is 104 Å². The molecule has 0 aliphatic heterocycles. The van der Waals surface area contributed by atoms with Gasteiger partial charge in [0.25, 0.3) is 5.69 Å². The maximum absolute atomic E-state index is 13.1. The van der Waals surface area contributed by atoms with Crippen LogP contribution in [0.5, 0.6) is 0 Å². The van der Waals surface area contributed by atoms with Gasteiger partial charge in [-0.1, -0.05) is 35.9 Å². The lowest BCUT2D eigenvalue weighted by Gasteiger charge is -2.24. The number of nitrogens with zero attached hydrogens (tertiary/aromatic N) is 2. The second-order valence-corrected chi connectivity index (χ2v) is 8.50. The molecular weight excluding hydrogens is 404 g/mol. The van der Waals surface area contributed by atoms with E-state index in [9.17, 15) is 19.7 Å². The Kier molecular flexibility index (Phi) is 5.95. The van der Waals surface area contributed by atoms with E-state index < -0.39 is 4.92 Å². The number of fused-ring (bicyclic) bond motifs is 1. The minimum Gasteiger partial charge on any atom is -0.294 e. The van der Waals surface area contributed by atoms with Crippen molar-refractivity contribution in [1.29, 1.82) is 0 Å². The third-order valence-corrected chi connectivity index (χ3v) is 6.10. The van der Waals surface area contributed by atoms with Crippen LogP contribution in [0.1, 0.15) is 56.3 Å². The van der Waals surface area contributed by atoms with Gasteiger partial charge in [-0.2, -0.15) is 0 Å². The quantitative estimate of drug-likeness (QED) is 0.251. The highest BCUT2D eigenvalue weighted by atomic mass is 16.6. The number of rotatable bonds is 6. The van der Waals surface area contributed by atoms with Crippen molar-refractivity contribution < 1.29 is 19.1 Å². The molecule has 32 heavy (non-hydrogen) atoms. The van der Waals surface area contributed by atoms with Crippen molar-refractivity contribution in [2.45, 2.75) is 39.7 Å². The second kappa shape index (κ2) is 8.83. The summed E-state index contributed by atoms with van der Waals surface area (Å²) in [7, 11) is 0. The first-order valence-electron chi connectivity index (χ1n) is 10.7. The van der Waals surface area contributed by atoms with Crippen LogP contribution in [-0.4, -0.2) is 16.5 Å². The van der Waals surface area contributed by atoms with E-state index >= 15 is 0 Å². The SMILES string of the molecule is CC(=O)c1c[n+](Cc2cccc([N+](=O)[O-])c2)ccc1CC1CCc2cc(C)ccc2C1=O. The van der Waals surface area contributed by atoms with Gasteiger partial charge < -0.3 is 0 Å². The lowest BCUT2D eigenvalue weighted by molar-refractivity contribution is -0.688. The summed E-state index contributed by atoms with van der Waals surface area (Å²) < 4.78 is 1.85. The predicted octanol–water partition coefficient (Wildman–Crippen LogP) is 4.43. The van der Waals surface area contributed by atoms with Crippen LogP contribution in [0.25, 0.3) is 0 Å². The number of carbonyl (C=O) groups excluding carboxylic acids is 2. The summed E-state index contributed by atoms with van der Waals surface area (Å²) >= 11 is 0. The van der Waals surface area contributed by atoms with E-state index in [0.717, 1.165) is 40.7 Å². The molecule has 0 radical (unpaired) electrons. The van der Waals surface area contributed by atoms with Crippen molar-refractivity contribution in [3.63, 3.8) is 0 Å². The van der Waals surface area contributed by atoms with E-state index in [0.29, 0.717) is 18.5 Å². The average molecular weight is 429 g/mol. The fourth-order valence-electron chi connectivity index (χ4n) is 4.45. The molecule has 4 rings (SSSR count). The average Bonchev–Trinajstić information content (AvgIpc) is 2.76. The Morgan fingerprint density at radius 3 is 2.75 bits per heavy atom. The molecule has 0 amide bonds. The molecule has 0 spiro atoms. The molecule has 1 atom stereocenters. The maximum Gasteiger partial charge on any atom is 0.269 e. The summed E-state index contributed by atoms with van der Waals surface area (Å²) in [5.74, 6) is -0.0577. The zero-order valence-corrected chi connectivity index (χ0v) is 18.2. The van der Waals surface area contributed by atoms with Crippen molar-refractivity contribution in [2.24, 2.45) is 5.92 Å². The van der Waals surface area contributed by atoms with Gasteiger partial charge in [-0.25, -0.2) is 4.57 Å². The van der Waals surface area contributed by atoms with Crippen LogP contribution in [0.15, 0.2) is 60.9 Å². The Balaban J connectivity index is 1.57. The standard InChI is InChI=1S/C26H25N2O4/c1-17-6-9-24-20(12-17)7-8-22(26(24)30)14-21-10-11-27(16-25(21)18(2)29)15-19-4-3-5-23(13-19)28(31)32/h3-6,9-13,16,22H,7-8,14-15H2,1-2H3/q+1. The number of carbonyl (C=O) groups is 2. The summed E-state index contributed by atoms with van der Waals surface area (Å²) in [6.45, 7) is 3.97. The molecule has 1 unspecified atom stereocenters. The van der Waals surface area contributed by atoms with Gasteiger partial charge >= 0.3 is 0 Å². The fourth-order valence-corrected chi connectivity index (χ4v) is 4.45. The summed E-state index contributed by atoms with van der Waals surface area (Å²) in [5.41, 5.74) is 5.33. The van der Waals surface area contributed by atoms with E-state index in [1.54, 1.807) is 12.3 Å². The minimum absolute atomic E-state index is 0.0396. The maximum atomic E-state index is 13.1. The summed E-state index contributed by atoms with van der Waals surface area (Å²) in [4.78, 5) is 36.1. The highest BCUT2D eigenvalue weighted by molar-refractivity contribution is 6.01. The van der Waals surface area contributed by atoms with Crippen LogP contribution in [-0.2, 0) is 19.4 Å². The summed E-state index contributed by atoms with van der Waals surface area (Å²) in [5, 5.41) is 11.0. The van der Waals surface area contributed by atoms with E-state index in [-0.39, 0.29) is 23.2 Å². The van der Waals surface area contributed by atoms with Gasteiger partial charge in [0.05, 0.1) is 10.5 Å². The molecule has 1 aliphatic carbocycles. The topological polar surface area (TPSA) is 81.2 Å². The Bertz CT molecular complexity index is 1230. The number of hydrogen-bond acceptors (Lipinski definition) is 4. The fraction of sp³-hybridized carbons (Fsp3) is 0.269. The minimum atomic E-state index is -0.418. The van der Waals surface area contributed by atoms with Crippen molar-refractivity contribution in [1.82, 2.24) is 0 Å². The zero-order chi connectivity index (χ0) is 22.8. The van der Waals surface area contributed by atoms with Gasteiger partial charge in [-0.15, -0.1) is 0 Å². The van der Waals surface area contributed by atoms with Crippen LogP contribution in [0.2, 0.25) is 0 Å². The van der Waals surface area contributed by atoms with Crippen LogP contribution in [0.3, 0.4) is 0 Å². The number of ketones is 2. The number of non-ortho nitro benzene ring substituents is 1. The molecule has 0 saturated carbocycles. The summed E-state index contributed by atoms with van der Waals surface area (Å²) in [6, 6.07) is 14.3. The molecule has 0 fully saturated rings. The highest BCUT2D eigenvalue weighted by Crippen LogP contribution is 2.29. The molecule has 2 aromatic carbocycles. The largest absolute Gasteiger partial charge is 0.294 e. The third kappa shape index (κ3) is 4.49. The normalized spacial score (nSPS) is 15.3. The third-order valence-electron chi connectivity index (χ3n) is 6.10. The molecule has 1 heterocycles. The molecule has 3 aromatic rings. The number of aromatic nitrogens is 1. The Morgan fingerprint density at radius 1 is 1.19 bits per heavy atom. The highest BCUT2D eigenvalue weighted by Gasteiger charge is 2.29. The molecule has 6 nitrogen and oxygen atoms in total. The van der Waals surface area contributed by atoms with Crippen molar-refractivity contribution >= 4 is 17.3 Å². The smallest absolute Gasteiger partial charge is 0.269 e. The van der Waals surface area contributed by atoms with E-state index in [1.165, 1.54) is 19.1 Å². The molecule has 6 heteroatoms. The van der Waals surface area contributed by atoms with Crippen LogP contribution in [0.4, 0.5) is 5.69 Å². The van der Waals surface area contributed by atoms with Crippen LogP contribution < -0.4 is 4.57 Å². The first kappa shape index (κ1) is 21.6. The van der Waals surface area contributed by atoms with Gasteiger partial charge in [-0.3, -0.25) is 19.7 Å². The number of Topliss-reactive ketones (excluding diaryl/α,β-unsaturated/α-hetero) is 2. The van der Waals surface area contributed by atoms with Crippen LogP contribution >= 0.6 is 0 Å². The first-order valence-corrected chi connectivity index (χ1v) is 10.7. The van der Waals surface area contributed by atoms with Crippen molar-refractivity contribution in [2.75, 3.05) is 0 Å². The molecule has 162 valence electrons. The predicted molar refractivity (Wildman–Crippen MR) is 120 cm³/mol. The van der Waals surface area contributed by atoms with Gasteiger partial charge in [0.2, 0.25) is 0 Å². The molecular formula is C26H25N2O4+. The zero-order valence-electron chi connectivity index (χ0n) is 18.2. The number of nitro benzene ring substituents is 1. The Morgan fingerprint density at radius 2 is 2.00 bits per heavy atom. The van der Waals surface area contributed by atoms with E-state index in [4.69, 9.17) is 0 Å². The molecule has 0 N–H and O–H groups in total. The van der Waals surface area contributed by atoms with E-state index in [1.807, 2.05) is 42.0 Å². The van der Waals surface area contributed by atoms with Gasteiger partial charge in [0, 0.05) is 35.2 Å². The van der Waals surface area contributed by atoms with Crippen LogP contribution in [0, 0.1) is 23.0 Å². The lowest BCUT2D eigenvalue weighted by Crippen LogP contribution is -2.35. The number of nitro groups is 1. The first-order chi connectivity index (χ1) is 15.3. The Hall–Kier alpha value is -3.67. The number of aryl methyl sites for hydroxylation is 2. The number of hydrogen-bond donors (Lipinski definition) is 0. The van der Waals surface area contributed by atoms with E-state index in [2.05, 4.69) is 6.07 Å². The molecule has 1 aliphatic rings. The Labute approximate surface area is 186 Å². The van der Waals surface area contributed by atoms with Gasteiger partial charge in [-0.05, 0) is 44.2 Å². The monoisotopic (exact) mass is 429 g/mol. The number of benzene rings is 2. The lowest BCUT2D eigenvalue weighted by atomic mass is 9.79.